The number of thioether (sulfide) groups is 1. The summed E-state index contributed by atoms with van der Waals surface area (Å²) in [5, 5.41) is 16.1. The summed E-state index contributed by atoms with van der Waals surface area (Å²) >= 11 is 7.22. The van der Waals surface area contributed by atoms with Crippen molar-refractivity contribution in [1.29, 1.82) is 5.26 Å². The summed E-state index contributed by atoms with van der Waals surface area (Å²) in [7, 11) is 0. The van der Waals surface area contributed by atoms with Gasteiger partial charge in [0.15, 0.2) is 0 Å². The third kappa shape index (κ3) is 2.86. The van der Waals surface area contributed by atoms with Crippen molar-refractivity contribution in [2.24, 2.45) is 0 Å². The lowest BCUT2D eigenvalue weighted by molar-refractivity contribution is 0.251. The Morgan fingerprint density at radius 2 is 2.04 bits per heavy atom. The first-order valence-electron chi connectivity index (χ1n) is 7.77. The highest BCUT2D eigenvalue weighted by Crippen LogP contribution is 2.59. The second kappa shape index (κ2) is 6.72. The quantitative estimate of drug-likeness (QED) is 0.371. The molecular weight excluding hydrogens is 375 g/mol. The molecule has 3 aromatic rings. The highest BCUT2D eigenvalue weighted by Gasteiger charge is 2.61. The molecule has 2 aromatic carbocycles. The molecule has 5 nitrogen and oxygen atoms in total. The van der Waals surface area contributed by atoms with Gasteiger partial charge in [-0.1, -0.05) is 48.0 Å². The zero-order valence-corrected chi connectivity index (χ0v) is 14.9. The molecule has 1 aliphatic heterocycles. The molecule has 0 spiro atoms. The van der Waals surface area contributed by atoms with Gasteiger partial charge in [-0.2, -0.15) is 10.4 Å². The van der Waals surface area contributed by atoms with E-state index in [0.29, 0.717) is 15.7 Å². The number of aromatic nitrogens is 3. The predicted molar refractivity (Wildman–Crippen MR) is 94.8 cm³/mol. The Balaban J connectivity index is 1.78. The molecule has 0 bridgehead atoms. The number of halogens is 2. The van der Waals surface area contributed by atoms with Crippen molar-refractivity contribution in [3.05, 3.63) is 76.8 Å². The molecule has 26 heavy (non-hydrogen) atoms. The van der Waals surface area contributed by atoms with E-state index in [2.05, 4.69) is 10.1 Å². The third-order valence-electron chi connectivity index (χ3n) is 4.31. The fraction of sp³-hybridized carbons (Fsp3) is 0.167. The monoisotopic (exact) mass is 386 g/mol. The summed E-state index contributed by atoms with van der Waals surface area (Å²) in [4.78, 5) is 4.07. The van der Waals surface area contributed by atoms with Crippen LogP contribution < -0.4 is 0 Å². The van der Waals surface area contributed by atoms with Crippen LogP contribution in [-0.4, -0.2) is 14.8 Å². The number of ether oxygens (including phenoxy) is 1. The van der Waals surface area contributed by atoms with Crippen molar-refractivity contribution in [2.75, 3.05) is 0 Å². The first kappa shape index (κ1) is 17.0. The lowest BCUT2D eigenvalue weighted by Gasteiger charge is -2.16. The lowest BCUT2D eigenvalue weighted by atomic mass is 9.91. The summed E-state index contributed by atoms with van der Waals surface area (Å²) in [5.41, 5.74) is 0.245. The zero-order chi connectivity index (χ0) is 18.1. The SMILES string of the molecule is N#CSc1ncnn1CC1(c2ccccc2F)OC1c1ccccc1Cl. The lowest BCUT2D eigenvalue weighted by Crippen LogP contribution is -2.22. The summed E-state index contributed by atoms with van der Waals surface area (Å²) in [6, 6.07) is 13.8. The second-order valence-corrected chi connectivity index (χ2v) is 6.94. The van der Waals surface area contributed by atoms with Crippen molar-refractivity contribution >= 4 is 23.4 Å². The molecule has 8 heteroatoms. The first-order chi connectivity index (χ1) is 12.7. The predicted octanol–water partition coefficient (Wildman–Crippen LogP) is 4.31. The van der Waals surface area contributed by atoms with Gasteiger partial charge in [-0.25, -0.2) is 14.1 Å². The van der Waals surface area contributed by atoms with E-state index in [9.17, 15) is 4.39 Å². The fourth-order valence-corrected chi connectivity index (χ4v) is 3.73. The van der Waals surface area contributed by atoms with Gasteiger partial charge in [-0.15, -0.1) is 0 Å². The van der Waals surface area contributed by atoms with Crippen LogP contribution in [0.25, 0.3) is 0 Å². The minimum absolute atomic E-state index is 0.216. The number of nitrogens with zero attached hydrogens (tertiary/aromatic N) is 4. The van der Waals surface area contributed by atoms with Gasteiger partial charge in [-0.05, 0) is 12.1 Å². The summed E-state index contributed by atoms with van der Waals surface area (Å²) in [6.07, 6.45) is 0.943. The van der Waals surface area contributed by atoms with E-state index < -0.39 is 11.7 Å². The Morgan fingerprint density at radius 1 is 1.27 bits per heavy atom. The molecule has 0 amide bonds. The van der Waals surface area contributed by atoms with Gasteiger partial charge in [0.1, 0.15) is 29.3 Å². The number of benzene rings is 2. The van der Waals surface area contributed by atoms with Crippen LogP contribution in [0.2, 0.25) is 5.02 Å². The molecule has 4 rings (SSSR count). The highest BCUT2D eigenvalue weighted by molar-refractivity contribution is 8.03. The molecular formula is C18H12ClFN4OS. The number of rotatable bonds is 5. The first-order valence-corrected chi connectivity index (χ1v) is 8.96. The molecule has 1 aromatic heterocycles. The van der Waals surface area contributed by atoms with Crippen molar-refractivity contribution in [3.8, 4) is 5.40 Å². The number of thiocyanates is 1. The largest absolute Gasteiger partial charge is 0.354 e. The molecule has 130 valence electrons. The van der Waals surface area contributed by atoms with Crippen molar-refractivity contribution in [1.82, 2.24) is 14.8 Å². The molecule has 0 radical (unpaired) electrons. The van der Waals surface area contributed by atoms with Crippen LogP contribution in [0.5, 0.6) is 0 Å². The van der Waals surface area contributed by atoms with E-state index in [1.54, 1.807) is 28.9 Å². The topological polar surface area (TPSA) is 67.0 Å². The number of hydrogen-bond acceptors (Lipinski definition) is 5. The molecule has 1 fully saturated rings. The number of epoxide rings is 1. The van der Waals surface area contributed by atoms with E-state index in [1.165, 1.54) is 12.4 Å². The molecule has 0 N–H and O–H groups in total. The fourth-order valence-electron chi connectivity index (χ4n) is 3.10. The maximum atomic E-state index is 14.6. The van der Waals surface area contributed by atoms with E-state index in [0.717, 1.165) is 17.3 Å². The smallest absolute Gasteiger partial charge is 0.200 e. The van der Waals surface area contributed by atoms with Crippen molar-refractivity contribution in [3.63, 3.8) is 0 Å². The zero-order valence-electron chi connectivity index (χ0n) is 13.3. The van der Waals surface area contributed by atoms with Gasteiger partial charge >= 0.3 is 0 Å². The minimum Gasteiger partial charge on any atom is -0.354 e. The molecule has 1 aliphatic rings. The Morgan fingerprint density at radius 3 is 2.81 bits per heavy atom. The summed E-state index contributed by atoms with van der Waals surface area (Å²) in [5.74, 6) is -0.364. The Hall–Kier alpha value is -2.40. The second-order valence-electron chi connectivity index (χ2n) is 5.78. The molecule has 2 heterocycles. The average Bonchev–Trinajstić information content (AvgIpc) is 3.19. The molecule has 0 aliphatic carbocycles. The van der Waals surface area contributed by atoms with Crippen LogP contribution in [0.4, 0.5) is 4.39 Å². The molecule has 0 saturated carbocycles. The summed E-state index contributed by atoms with van der Waals surface area (Å²) in [6.45, 7) is 0.216. The van der Waals surface area contributed by atoms with E-state index in [-0.39, 0.29) is 12.4 Å². The Kier molecular flexibility index (Phi) is 4.41. The third-order valence-corrected chi connectivity index (χ3v) is 5.25. The van der Waals surface area contributed by atoms with Crippen LogP contribution in [0.15, 0.2) is 60.0 Å². The van der Waals surface area contributed by atoms with E-state index in [4.69, 9.17) is 21.6 Å². The van der Waals surface area contributed by atoms with Crippen LogP contribution in [0, 0.1) is 16.5 Å². The van der Waals surface area contributed by atoms with Gasteiger partial charge in [-0.3, -0.25) is 0 Å². The minimum atomic E-state index is -0.963. The van der Waals surface area contributed by atoms with Gasteiger partial charge in [0, 0.05) is 27.9 Å². The van der Waals surface area contributed by atoms with E-state index in [1.807, 2.05) is 23.6 Å². The van der Waals surface area contributed by atoms with Crippen LogP contribution >= 0.6 is 23.4 Å². The standard InChI is InChI=1S/C18H12ClFN4OS/c19-14-7-3-1-5-12(14)16-18(25-16,13-6-2-4-8-15(13)20)9-24-17(26-10-21)22-11-23-24/h1-8,11,16H,9H2. The van der Waals surface area contributed by atoms with Crippen LogP contribution in [0.1, 0.15) is 17.2 Å². The maximum absolute atomic E-state index is 14.6. The van der Waals surface area contributed by atoms with Gasteiger partial charge in [0.05, 0.1) is 6.54 Å². The van der Waals surface area contributed by atoms with Crippen LogP contribution in [-0.2, 0) is 16.9 Å². The highest BCUT2D eigenvalue weighted by atomic mass is 35.5. The van der Waals surface area contributed by atoms with Gasteiger partial charge in [0.25, 0.3) is 0 Å². The average molecular weight is 387 g/mol. The van der Waals surface area contributed by atoms with E-state index >= 15 is 0 Å². The van der Waals surface area contributed by atoms with Crippen molar-refractivity contribution in [2.45, 2.75) is 23.4 Å². The van der Waals surface area contributed by atoms with Crippen molar-refractivity contribution < 1.29 is 9.13 Å². The Bertz CT molecular complexity index is 1000. The number of hydrogen-bond donors (Lipinski definition) is 0. The molecule has 2 atom stereocenters. The molecule has 2 unspecified atom stereocenters. The van der Waals surface area contributed by atoms with Gasteiger partial charge in [0.2, 0.25) is 5.16 Å². The maximum Gasteiger partial charge on any atom is 0.200 e. The number of nitriles is 1. The van der Waals surface area contributed by atoms with Gasteiger partial charge < -0.3 is 4.74 Å². The Labute approximate surface area is 158 Å². The summed E-state index contributed by atoms with van der Waals surface area (Å²) < 4.78 is 22.2. The molecule has 1 saturated heterocycles. The normalized spacial score (nSPS) is 21.3. The van der Waals surface area contributed by atoms with Crippen LogP contribution in [0.3, 0.4) is 0 Å².